The lowest BCUT2D eigenvalue weighted by Crippen LogP contribution is -2.35. The molecule has 8 heteroatoms. The summed E-state index contributed by atoms with van der Waals surface area (Å²) in [6, 6.07) is -0.273. The fourth-order valence-electron chi connectivity index (χ4n) is 1.32. The topological polar surface area (TPSA) is 120 Å². The van der Waals surface area contributed by atoms with Crippen molar-refractivity contribution >= 4 is 12.0 Å². The van der Waals surface area contributed by atoms with E-state index < -0.39 is 5.97 Å². The van der Waals surface area contributed by atoms with Crippen molar-refractivity contribution in [1.29, 1.82) is 0 Å². The van der Waals surface area contributed by atoms with Gasteiger partial charge in [0.15, 0.2) is 0 Å². The largest absolute Gasteiger partial charge is 0.481 e. The zero-order valence-corrected chi connectivity index (χ0v) is 9.98. The molecule has 0 saturated heterocycles. The molecule has 1 aromatic heterocycles. The van der Waals surface area contributed by atoms with E-state index in [1.165, 1.54) is 6.33 Å². The van der Waals surface area contributed by atoms with Gasteiger partial charge in [-0.1, -0.05) is 6.42 Å². The molecule has 0 bridgehead atoms. The highest BCUT2D eigenvalue weighted by Gasteiger charge is 2.01. The van der Waals surface area contributed by atoms with Crippen molar-refractivity contribution in [3.05, 3.63) is 12.2 Å². The van der Waals surface area contributed by atoms with Gasteiger partial charge in [0, 0.05) is 13.0 Å². The first-order valence-electron chi connectivity index (χ1n) is 5.76. The Bertz CT molecular complexity index is 366. The predicted octanol–water partition coefficient (Wildman–Crippen LogP) is 0.249. The Hall–Kier alpha value is -2.12. The molecule has 8 nitrogen and oxygen atoms in total. The van der Waals surface area contributed by atoms with E-state index in [9.17, 15) is 9.59 Å². The summed E-state index contributed by atoms with van der Waals surface area (Å²) < 4.78 is 0. The fourth-order valence-corrected chi connectivity index (χ4v) is 1.32. The highest BCUT2D eigenvalue weighted by Crippen LogP contribution is 1.98. The van der Waals surface area contributed by atoms with Gasteiger partial charge in [0.2, 0.25) is 0 Å². The van der Waals surface area contributed by atoms with E-state index in [1.807, 2.05) is 0 Å². The van der Waals surface area contributed by atoms with E-state index in [-0.39, 0.29) is 12.5 Å². The van der Waals surface area contributed by atoms with E-state index in [0.717, 1.165) is 12.8 Å². The highest BCUT2D eigenvalue weighted by molar-refractivity contribution is 5.73. The van der Waals surface area contributed by atoms with Crippen LogP contribution in [0, 0.1) is 0 Å². The quantitative estimate of drug-likeness (QED) is 0.496. The van der Waals surface area contributed by atoms with Gasteiger partial charge in [-0.05, 0) is 12.8 Å². The van der Waals surface area contributed by atoms with Crippen LogP contribution in [0.2, 0.25) is 0 Å². The van der Waals surface area contributed by atoms with Crippen LogP contribution in [0.3, 0.4) is 0 Å². The van der Waals surface area contributed by atoms with E-state index in [4.69, 9.17) is 5.11 Å². The van der Waals surface area contributed by atoms with Crippen molar-refractivity contribution in [1.82, 2.24) is 25.8 Å². The number of nitrogens with zero attached hydrogens (tertiary/aromatic N) is 2. The van der Waals surface area contributed by atoms with E-state index in [1.54, 1.807) is 0 Å². The number of hydrogen-bond acceptors (Lipinski definition) is 4. The second-order valence-corrected chi connectivity index (χ2v) is 3.75. The van der Waals surface area contributed by atoms with Gasteiger partial charge in [0.25, 0.3) is 0 Å². The number of hydrogen-bond donors (Lipinski definition) is 4. The Morgan fingerprint density at radius 1 is 1.28 bits per heavy atom. The third-order valence-corrected chi connectivity index (χ3v) is 2.23. The number of aromatic amines is 1. The monoisotopic (exact) mass is 255 g/mol. The first kappa shape index (κ1) is 13.9. The molecule has 100 valence electrons. The summed E-state index contributed by atoms with van der Waals surface area (Å²) in [5, 5.41) is 20.0. The zero-order chi connectivity index (χ0) is 13.2. The predicted molar refractivity (Wildman–Crippen MR) is 62.7 cm³/mol. The second-order valence-electron chi connectivity index (χ2n) is 3.75. The maximum Gasteiger partial charge on any atom is 0.315 e. The van der Waals surface area contributed by atoms with Crippen LogP contribution in [0.1, 0.15) is 31.5 Å². The molecule has 1 heterocycles. The average Bonchev–Trinajstić information content (AvgIpc) is 2.83. The van der Waals surface area contributed by atoms with E-state index in [0.29, 0.717) is 25.3 Å². The molecule has 0 radical (unpaired) electrons. The van der Waals surface area contributed by atoms with Crippen molar-refractivity contribution in [2.75, 3.05) is 6.54 Å². The van der Waals surface area contributed by atoms with Gasteiger partial charge in [0.1, 0.15) is 12.2 Å². The maximum absolute atomic E-state index is 11.3. The molecule has 0 unspecified atom stereocenters. The van der Waals surface area contributed by atoms with Crippen molar-refractivity contribution in [3.8, 4) is 0 Å². The summed E-state index contributed by atoms with van der Waals surface area (Å²) in [5.41, 5.74) is 0. The third kappa shape index (κ3) is 6.46. The summed E-state index contributed by atoms with van der Waals surface area (Å²) in [6.07, 6.45) is 3.74. The van der Waals surface area contributed by atoms with Crippen LogP contribution >= 0.6 is 0 Å². The Kier molecular flexibility index (Phi) is 6.23. The van der Waals surface area contributed by atoms with Gasteiger partial charge >= 0.3 is 12.0 Å². The molecule has 0 spiro atoms. The second kappa shape index (κ2) is 8.04. The smallest absolute Gasteiger partial charge is 0.315 e. The van der Waals surface area contributed by atoms with Crippen molar-refractivity contribution in [2.45, 2.75) is 32.2 Å². The van der Waals surface area contributed by atoms with E-state index >= 15 is 0 Å². The van der Waals surface area contributed by atoms with Crippen LogP contribution in [0.25, 0.3) is 0 Å². The lowest BCUT2D eigenvalue weighted by Gasteiger charge is -2.05. The van der Waals surface area contributed by atoms with Crippen LogP contribution in [0.4, 0.5) is 4.79 Å². The van der Waals surface area contributed by atoms with Crippen molar-refractivity contribution < 1.29 is 14.7 Å². The van der Waals surface area contributed by atoms with Crippen LogP contribution in [0.15, 0.2) is 6.33 Å². The Balaban J connectivity index is 1.95. The Morgan fingerprint density at radius 2 is 2.11 bits per heavy atom. The Morgan fingerprint density at radius 3 is 2.78 bits per heavy atom. The average molecular weight is 255 g/mol. The number of rotatable bonds is 8. The summed E-state index contributed by atoms with van der Waals surface area (Å²) in [4.78, 5) is 25.4. The molecule has 0 atom stereocenters. The molecule has 0 aliphatic rings. The molecular formula is C10H17N5O3. The number of amides is 2. The van der Waals surface area contributed by atoms with Gasteiger partial charge in [-0.15, -0.1) is 0 Å². The fraction of sp³-hybridized carbons (Fsp3) is 0.600. The molecule has 4 N–H and O–H groups in total. The van der Waals surface area contributed by atoms with Crippen LogP contribution in [-0.4, -0.2) is 38.8 Å². The zero-order valence-electron chi connectivity index (χ0n) is 9.98. The number of unbranched alkanes of at least 4 members (excludes halogenated alkanes) is 2. The third-order valence-electron chi connectivity index (χ3n) is 2.23. The van der Waals surface area contributed by atoms with E-state index in [2.05, 4.69) is 25.8 Å². The highest BCUT2D eigenvalue weighted by atomic mass is 16.4. The minimum atomic E-state index is -0.784. The minimum absolute atomic E-state index is 0.178. The molecule has 1 rings (SSSR count). The first-order valence-corrected chi connectivity index (χ1v) is 5.76. The van der Waals surface area contributed by atoms with Gasteiger partial charge in [0.05, 0.1) is 6.54 Å². The summed E-state index contributed by atoms with van der Waals surface area (Å²) in [7, 11) is 0. The van der Waals surface area contributed by atoms with Gasteiger partial charge < -0.3 is 15.7 Å². The molecule has 0 aromatic carbocycles. The van der Waals surface area contributed by atoms with Crippen molar-refractivity contribution in [3.63, 3.8) is 0 Å². The number of aliphatic carboxylic acids is 1. The van der Waals surface area contributed by atoms with Crippen molar-refractivity contribution in [2.24, 2.45) is 0 Å². The number of carbonyl (C=O) groups excluding carboxylic acids is 1. The summed E-state index contributed by atoms with van der Waals surface area (Å²) in [6.45, 7) is 0.826. The lowest BCUT2D eigenvalue weighted by molar-refractivity contribution is -0.137. The van der Waals surface area contributed by atoms with Crippen LogP contribution in [0.5, 0.6) is 0 Å². The number of carbonyl (C=O) groups is 2. The maximum atomic E-state index is 11.3. The normalized spacial score (nSPS) is 10.0. The summed E-state index contributed by atoms with van der Waals surface area (Å²) in [5.74, 6) is -0.195. The first-order chi connectivity index (χ1) is 8.68. The number of H-pyrrole nitrogens is 1. The van der Waals surface area contributed by atoms with Crippen LogP contribution < -0.4 is 10.6 Å². The number of aromatic nitrogens is 3. The molecule has 2 amide bonds. The standard InChI is InChI=1S/C10H17N5O3/c16-9(17)4-2-1-3-5-11-10(18)12-6-8-13-7-14-15-8/h7H,1-6H2,(H,16,17)(H2,11,12,18)(H,13,14,15). The van der Waals surface area contributed by atoms with Gasteiger partial charge in [-0.2, -0.15) is 5.10 Å². The molecule has 18 heavy (non-hydrogen) atoms. The molecule has 0 aliphatic heterocycles. The molecule has 0 saturated carbocycles. The SMILES string of the molecule is O=C(O)CCCCCNC(=O)NCc1ncn[nH]1. The molecular weight excluding hydrogens is 238 g/mol. The Labute approximate surface area is 104 Å². The summed E-state index contributed by atoms with van der Waals surface area (Å²) >= 11 is 0. The number of urea groups is 1. The lowest BCUT2D eigenvalue weighted by atomic mass is 10.2. The molecule has 0 aliphatic carbocycles. The minimum Gasteiger partial charge on any atom is -0.481 e. The van der Waals surface area contributed by atoms with Crippen LogP contribution in [-0.2, 0) is 11.3 Å². The number of carboxylic acids is 1. The molecule has 1 aromatic rings. The number of carboxylic acid groups (broad SMARTS) is 1. The van der Waals surface area contributed by atoms with Gasteiger partial charge in [-0.25, -0.2) is 9.78 Å². The molecule has 0 fully saturated rings. The van der Waals surface area contributed by atoms with Gasteiger partial charge in [-0.3, -0.25) is 9.89 Å². The number of nitrogens with one attached hydrogen (secondary N) is 3.